The average Bonchev–Trinajstić information content (AvgIpc) is 3.17. The van der Waals surface area contributed by atoms with Crippen molar-refractivity contribution >= 4 is 39.3 Å². The normalized spacial score (nSPS) is 28.6. The first-order valence-corrected chi connectivity index (χ1v) is 17.5. The minimum atomic E-state index is -4.26. The number of anilines is 1. The molecule has 254 valence electrons. The highest BCUT2D eigenvalue weighted by atomic mass is 35.5. The second kappa shape index (κ2) is 12.8. The predicted molar refractivity (Wildman–Crippen MR) is 173 cm³/mol. The Kier molecular flexibility index (Phi) is 9.11. The SMILES string of the molecule is CON(C)C(=O)O[C@H]1/C=C\COC(C)(C)C(=O)NS(=O)(=O)c2ccc3c(c2)N(C[C@@H]2CC[C@H]21)C[C@@]1(CCOc2cc(Cl)ccc21)CO3. The molecule has 2 aromatic rings. The molecule has 1 saturated carbocycles. The number of carbonyl (C=O) groups is 2. The van der Waals surface area contributed by atoms with Crippen molar-refractivity contribution in [3.63, 3.8) is 0 Å². The van der Waals surface area contributed by atoms with Crippen LogP contribution in [0.15, 0.2) is 53.4 Å². The number of nitrogens with zero attached hydrogens (tertiary/aromatic N) is 2. The smallest absolute Gasteiger partial charge is 0.434 e. The molecular weight excluding hydrogens is 650 g/mol. The number of halogens is 1. The highest BCUT2D eigenvalue weighted by Gasteiger charge is 2.46. The van der Waals surface area contributed by atoms with E-state index in [-0.39, 0.29) is 23.3 Å². The quantitative estimate of drug-likeness (QED) is 0.356. The summed E-state index contributed by atoms with van der Waals surface area (Å²) >= 11 is 6.33. The Morgan fingerprint density at radius 1 is 1.13 bits per heavy atom. The molecule has 1 aliphatic carbocycles. The van der Waals surface area contributed by atoms with Crippen LogP contribution in [0.3, 0.4) is 0 Å². The third-order valence-corrected chi connectivity index (χ3v) is 11.3. The Morgan fingerprint density at radius 2 is 1.94 bits per heavy atom. The van der Waals surface area contributed by atoms with Crippen molar-refractivity contribution in [1.29, 1.82) is 0 Å². The standard InChI is InChI=1S/C33H40ClN3O9S/c1-32(2)30(38)35-47(40,41)23-9-12-28-26(17-23)37(19-33(20-44-28)13-15-43-29-16-22(34)8-11-25(29)33)18-21-7-10-24(21)27(6-5-14-45-32)46-31(39)36(3)42-4/h5-6,8-9,11-12,16-17,21,24,27H,7,10,13-15,18-20H2,1-4H3,(H,35,38)/b6-5-/t21-,24+,27-,33-/m0/s1. The highest BCUT2D eigenvalue weighted by Crippen LogP contribution is 2.47. The lowest BCUT2D eigenvalue weighted by molar-refractivity contribution is -0.139. The largest absolute Gasteiger partial charge is 0.493 e. The first-order valence-electron chi connectivity index (χ1n) is 15.6. The van der Waals surface area contributed by atoms with Gasteiger partial charge in [-0.05, 0) is 75.4 Å². The van der Waals surface area contributed by atoms with Gasteiger partial charge in [-0.3, -0.25) is 9.63 Å². The van der Waals surface area contributed by atoms with Crippen LogP contribution in [0.2, 0.25) is 5.02 Å². The molecule has 0 saturated heterocycles. The van der Waals surface area contributed by atoms with Crippen LogP contribution in [0.25, 0.3) is 0 Å². The van der Waals surface area contributed by atoms with Gasteiger partial charge in [0.05, 0.1) is 42.9 Å². The maximum absolute atomic E-state index is 13.6. The summed E-state index contributed by atoms with van der Waals surface area (Å²) in [5.41, 5.74) is -0.407. The summed E-state index contributed by atoms with van der Waals surface area (Å²) in [6.45, 7) is 4.82. The van der Waals surface area contributed by atoms with Crippen molar-refractivity contribution in [1.82, 2.24) is 9.79 Å². The fraction of sp³-hybridized carbons (Fsp3) is 0.515. The number of rotatable bonds is 2. The second-order valence-corrected chi connectivity index (χ2v) is 15.2. The van der Waals surface area contributed by atoms with Crippen molar-refractivity contribution in [2.24, 2.45) is 11.8 Å². The number of hydrogen-bond acceptors (Lipinski definition) is 10. The fourth-order valence-corrected chi connectivity index (χ4v) is 7.94. The molecule has 1 N–H and O–H groups in total. The molecular formula is C33H40ClN3O9S. The molecule has 0 radical (unpaired) electrons. The monoisotopic (exact) mass is 689 g/mol. The van der Waals surface area contributed by atoms with E-state index in [0.29, 0.717) is 54.9 Å². The zero-order chi connectivity index (χ0) is 33.6. The van der Waals surface area contributed by atoms with E-state index < -0.39 is 39.1 Å². The van der Waals surface area contributed by atoms with Crippen LogP contribution >= 0.6 is 11.6 Å². The van der Waals surface area contributed by atoms with E-state index in [1.165, 1.54) is 34.1 Å². The minimum absolute atomic E-state index is 0.0116. The van der Waals surface area contributed by atoms with Gasteiger partial charge < -0.3 is 23.8 Å². The van der Waals surface area contributed by atoms with E-state index >= 15 is 0 Å². The fourth-order valence-electron chi connectivity index (χ4n) is 6.65. The minimum Gasteiger partial charge on any atom is -0.493 e. The van der Waals surface area contributed by atoms with Gasteiger partial charge in [-0.1, -0.05) is 23.7 Å². The molecule has 3 aliphatic heterocycles. The van der Waals surface area contributed by atoms with Gasteiger partial charge in [0.2, 0.25) is 0 Å². The number of fused-ring (bicyclic) bond motifs is 4. The molecule has 4 atom stereocenters. The molecule has 2 aromatic carbocycles. The maximum Gasteiger partial charge on any atom is 0.434 e. The van der Waals surface area contributed by atoms with Gasteiger partial charge >= 0.3 is 6.09 Å². The van der Waals surface area contributed by atoms with Crippen molar-refractivity contribution in [2.75, 3.05) is 52.0 Å². The number of hydrogen-bond donors (Lipinski definition) is 1. The molecule has 47 heavy (non-hydrogen) atoms. The van der Waals surface area contributed by atoms with Crippen molar-refractivity contribution in [3.05, 3.63) is 59.1 Å². The lowest BCUT2D eigenvalue weighted by atomic mass is 9.69. The summed E-state index contributed by atoms with van der Waals surface area (Å²) in [5.74, 6) is 0.453. The molecule has 0 unspecified atom stereocenters. The van der Waals surface area contributed by atoms with Gasteiger partial charge in [0.15, 0.2) is 0 Å². The summed E-state index contributed by atoms with van der Waals surface area (Å²) in [7, 11) is -1.40. The molecule has 2 bridgehead atoms. The van der Waals surface area contributed by atoms with Crippen LogP contribution in [0.4, 0.5) is 10.5 Å². The second-order valence-electron chi connectivity index (χ2n) is 13.0. The van der Waals surface area contributed by atoms with Gasteiger partial charge in [0, 0.05) is 36.6 Å². The Hall–Kier alpha value is -3.52. The number of sulfonamides is 1. The number of amides is 2. The number of benzene rings is 2. The summed E-state index contributed by atoms with van der Waals surface area (Å²) in [5, 5.41) is 1.59. The molecule has 12 nitrogen and oxygen atoms in total. The van der Waals surface area contributed by atoms with E-state index in [2.05, 4.69) is 9.62 Å². The van der Waals surface area contributed by atoms with Crippen LogP contribution in [-0.4, -0.2) is 84.3 Å². The van der Waals surface area contributed by atoms with Crippen molar-refractivity contribution in [3.8, 4) is 11.5 Å². The number of nitrogens with one attached hydrogen (secondary N) is 1. The maximum atomic E-state index is 13.6. The highest BCUT2D eigenvalue weighted by molar-refractivity contribution is 7.90. The molecule has 6 rings (SSSR count). The van der Waals surface area contributed by atoms with Gasteiger partial charge in [-0.15, -0.1) is 0 Å². The molecule has 3 heterocycles. The van der Waals surface area contributed by atoms with Crippen LogP contribution in [0.5, 0.6) is 11.5 Å². The number of carbonyl (C=O) groups excluding carboxylic acids is 2. The average molecular weight is 690 g/mol. The van der Waals surface area contributed by atoms with E-state index in [9.17, 15) is 18.0 Å². The van der Waals surface area contributed by atoms with Gasteiger partial charge in [-0.2, -0.15) is 5.06 Å². The van der Waals surface area contributed by atoms with Crippen LogP contribution < -0.4 is 19.1 Å². The van der Waals surface area contributed by atoms with E-state index in [1.54, 1.807) is 24.3 Å². The first-order chi connectivity index (χ1) is 22.3. The van der Waals surface area contributed by atoms with Gasteiger partial charge in [-0.25, -0.2) is 17.9 Å². The molecule has 14 heteroatoms. The Labute approximate surface area is 279 Å². The summed E-state index contributed by atoms with van der Waals surface area (Å²) in [4.78, 5) is 33.1. The summed E-state index contributed by atoms with van der Waals surface area (Å²) in [6.07, 6.45) is 4.58. The molecule has 2 amide bonds. The van der Waals surface area contributed by atoms with Crippen LogP contribution in [-0.2, 0) is 34.5 Å². The van der Waals surface area contributed by atoms with Crippen molar-refractivity contribution in [2.45, 2.75) is 55.1 Å². The van der Waals surface area contributed by atoms with E-state index in [1.807, 2.05) is 18.2 Å². The molecule has 0 aromatic heterocycles. The van der Waals surface area contributed by atoms with Gasteiger partial charge in [0.1, 0.15) is 23.2 Å². The topological polar surface area (TPSA) is 133 Å². The third kappa shape index (κ3) is 6.63. The lowest BCUT2D eigenvalue weighted by Gasteiger charge is -2.45. The van der Waals surface area contributed by atoms with Gasteiger partial charge in [0.25, 0.3) is 15.9 Å². The third-order valence-electron chi connectivity index (χ3n) is 9.69. The number of ether oxygens (including phenoxy) is 4. The van der Waals surface area contributed by atoms with Crippen LogP contribution in [0, 0.1) is 11.8 Å². The molecule has 1 spiro atoms. The Balaban J connectivity index is 1.43. The molecule has 1 fully saturated rings. The Bertz CT molecular complexity index is 1680. The molecule has 4 aliphatic rings. The van der Waals surface area contributed by atoms with E-state index in [4.69, 9.17) is 35.4 Å². The predicted octanol–water partition coefficient (Wildman–Crippen LogP) is 4.45. The van der Waals surface area contributed by atoms with Crippen molar-refractivity contribution < 1.29 is 41.8 Å². The summed E-state index contributed by atoms with van der Waals surface area (Å²) in [6, 6.07) is 10.3. The Morgan fingerprint density at radius 3 is 2.68 bits per heavy atom. The van der Waals surface area contributed by atoms with E-state index in [0.717, 1.165) is 23.5 Å². The zero-order valence-electron chi connectivity index (χ0n) is 26.9. The number of hydroxylamine groups is 2. The lowest BCUT2D eigenvalue weighted by Crippen LogP contribution is -2.50. The first kappa shape index (κ1) is 33.4. The summed E-state index contributed by atoms with van der Waals surface area (Å²) < 4.78 is 53.5. The zero-order valence-corrected chi connectivity index (χ0v) is 28.4. The van der Waals surface area contributed by atoms with Crippen LogP contribution in [0.1, 0.15) is 38.7 Å².